The minimum Gasteiger partial charge on any atom is -0.340 e. The molecule has 0 bridgehead atoms. The molecule has 0 aliphatic carbocycles. The lowest BCUT2D eigenvalue weighted by molar-refractivity contribution is -0.131. The zero-order valence-corrected chi connectivity index (χ0v) is 14.4. The summed E-state index contributed by atoms with van der Waals surface area (Å²) in [4.78, 5) is 28.5. The van der Waals surface area contributed by atoms with E-state index in [9.17, 15) is 9.59 Å². The molecular weight excluding hydrogens is 276 g/mol. The largest absolute Gasteiger partial charge is 0.340 e. The van der Waals surface area contributed by atoms with E-state index in [0.29, 0.717) is 36.7 Å². The van der Waals surface area contributed by atoms with Gasteiger partial charge in [0.25, 0.3) is 0 Å². The molecule has 4 heteroatoms. The van der Waals surface area contributed by atoms with Crippen LogP contribution in [-0.4, -0.2) is 46.8 Å². The Morgan fingerprint density at radius 1 is 0.864 bits per heavy atom. The Balaban J connectivity index is 2.04. The number of carbonyl (C=O) groups is 2. The Kier molecular flexibility index (Phi) is 6.71. The zero-order chi connectivity index (χ0) is 15.9. The molecule has 2 fully saturated rings. The van der Waals surface area contributed by atoms with Crippen molar-refractivity contribution < 1.29 is 9.59 Å². The third kappa shape index (κ3) is 4.23. The van der Waals surface area contributed by atoms with Crippen molar-refractivity contribution in [3.05, 3.63) is 0 Å². The Morgan fingerprint density at radius 3 is 1.82 bits per heavy atom. The third-order valence-electron chi connectivity index (χ3n) is 5.16. The maximum atomic E-state index is 12.1. The van der Waals surface area contributed by atoms with Gasteiger partial charge >= 0.3 is 0 Å². The Morgan fingerprint density at radius 2 is 1.41 bits per heavy atom. The summed E-state index contributed by atoms with van der Waals surface area (Å²) in [5, 5.41) is 0. The highest BCUT2D eigenvalue weighted by Gasteiger charge is 2.33. The molecule has 0 N–H and O–H groups in total. The van der Waals surface area contributed by atoms with E-state index >= 15 is 0 Å². The number of unbranched alkanes of at least 4 members (excludes halogenated alkanes) is 1. The van der Waals surface area contributed by atoms with Gasteiger partial charge in [0.15, 0.2) is 0 Å². The van der Waals surface area contributed by atoms with Crippen LogP contribution in [0.25, 0.3) is 0 Å². The normalized spacial score (nSPS) is 21.7. The Hall–Kier alpha value is -1.06. The second-order valence-electron chi connectivity index (χ2n) is 6.86. The molecular formula is C18H32N2O2. The molecule has 2 aliphatic rings. The summed E-state index contributed by atoms with van der Waals surface area (Å²) in [5.74, 6) is 0.643. The summed E-state index contributed by atoms with van der Waals surface area (Å²) in [6.07, 6.45) is 9.99. The van der Waals surface area contributed by atoms with Gasteiger partial charge in [-0.05, 0) is 32.1 Å². The van der Waals surface area contributed by atoms with Crippen molar-refractivity contribution >= 4 is 11.8 Å². The van der Waals surface area contributed by atoms with Gasteiger partial charge in [-0.3, -0.25) is 9.59 Å². The zero-order valence-electron chi connectivity index (χ0n) is 14.4. The molecule has 2 saturated heterocycles. The lowest BCUT2D eigenvalue weighted by atomic mass is 9.96. The van der Waals surface area contributed by atoms with Crippen molar-refractivity contribution in [1.29, 1.82) is 0 Å². The highest BCUT2D eigenvalue weighted by molar-refractivity contribution is 5.79. The predicted octanol–water partition coefficient (Wildman–Crippen LogP) is 3.35. The van der Waals surface area contributed by atoms with Crippen LogP contribution in [0.5, 0.6) is 0 Å². The van der Waals surface area contributed by atoms with Gasteiger partial charge in [0.05, 0.1) is 0 Å². The number of hydrogen-bond acceptors (Lipinski definition) is 2. The van der Waals surface area contributed by atoms with Crippen molar-refractivity contribution in [3.63, 3.8) is 0 Å². The maximum absolute atomic E-state index is 12.1. The lowest BCUT2D eigenvalue weighted by Gasteiger charge is -2.35. The molecule has 2 amide bonds. The van der Waals surface area contributed by atoms with E-state index in [1.807, 2.05) is 0 Å². The minimum atomic E-state index is 0.320. The van der Waals surface area contributed by atoms with E-state index in [4.69, 9.17) is 0 Å². The van der Waals surface area contributed by atoms with Crippen molar-refractivity contribution in [2.24, 2.45) is 0 Å². The molecule has 0 radical (unpaired) electrons. The van der Waals surface area contributed by atoms with Crippen molar-refractivity contribution in [2.45, 2.75) is 90.1 Å². The molecule has 0 aromatic carbocycles. The van der Waals surface area contributed by atoms with Crippen LogP contribution < -0.4 is 0 Å². The van der Waals surface area contributed by atoms with Gasteiger partial charge in [-0.25, -0.2) is 0 Å². The van der Waals surface area contributed by atoms with E-state index in [-0.39, 0.29) is 0 Å². The molecule has 2 heterocycles. The first-order chi connectivity index (χ1) is 10.7. The molecule has 0 saturated carbocycles. The first kappa shape index (κ1) is 17.3. The first-order valence-corrected chi connectivity index (χ1v) is 9.26. The number of nitrogens with zero attached hydrogens (tertiary/aromatic N) is 2. The average molecular weight is 308 g/mol. The maximum Gasteiger partial charge on any atom is 0.222 e. The van der Waals surface area contributed by atoms with Gasteiger partial charge in [0, 0.05) is 38.0 Å². The fraction of sp³-hybridized carbons (Fsp3) is 0.889. The fourth-order valence-corrected chi connectivity index (χ4v) is 4.00. The first-order valence-electron chi connectivity index (χ1n) is 9.26. The summed E-state index contributed by atoms with van der Waals surface area (Å²) >= 11 is 0. The smallest absolute Gasteiger partial charge is 0.222 e. The van der Waals surface area contributed by atoms with Crippen LogP contribution in [0, 0.1) is 0 Å². The van der Waals surface area contributed by atoms with Crippen LogP contribution in [0.2, 0.25) is 0 Å². The molecule has 4 nitrogen and oxygen atoms in total. The predicted molar refractivity (Wildman–Crippen MR) is 88.5 cm³/mol. The van der Waals surface area contributed by atoms with Crippen molar-refractivity contribution in [3.8, 4) is 0 Å². The highest BCUT2D eigenvalue weighted by atomic mass is 16.2. The monoisotopic (exact) mass is 308 g/mol. The van der Waals surface area contributed by atoms with E-state index in [1.54, 1.807) is 0 Å². The number of hydrogen-bond donors (Lipinski definition) is 0. The van der Waals surface area contributed by atoms with Crippen LogP contribution in [0.4, 0.5) is 0 Å². The molecule has 0 aromatic heterocycles. The quantitative estimate of drug-likeness (QED) is 0.655. The molecule has 0 spiro atoms. The van der Waals surface area contributed by atoms with Gasteiger partial charge in [-0.1, -0.05) is 33.1 Å². The highest BCUT2D eigenvalue weighted by Crippen LogP contribution is 2.26. The van der Waals surface area contributed by atoms with Gasteiger partial charge in [-0.15, -0.1) is 0 Å². The van der Waals surface area contributed by atoms with Gasteiger partial charge < -0.3 is 9.80 Å². The topological polar surface area (TPSA) is 40.6 Å². The molecule has 0 aromatic rings. The number of amides is 2. The number of rotatable bonds is 9. The van der Waals surface area contributed by atoms with E-state index < -0.39 is 0 Å². The summed E-state index contributed by atoms with van der Waals surface area (Å²) in [5.41, 5.74) is 0. The Bertz CT molecular complexity index is 383. The molecule has 126 valence electrons. The molecule has 2 aliphatic heterocycles. The molecule has 22 heavy (non-hydrogen) atoms. The number of likely N-dealkylation sites (tertiary alicyclic amines) is 2. The summed E-state index contributed by atoms with van der Waals surface area (Å²) < 4.78 is 0. The molecule has 2 atom stereocenters. The second-order valence-corrected chi connectivity index (χ2v) is 6.86. The molecule has 2 unspecified atom stereocenters. The van der Waals surface area contributed by atoms with Crippen LogP contribution >= 0.6 is 0 Å². The van der Waals surface area contributed by atoms with Crippen LogP contribution in [-0.2, 0) is 9.59 Å². The minimum absolute atomic E-state index is 0.320. The van der Waals surface area contributed by atoms with Crippen molar-refractivity contribution in [1.82, 2.24) is 9.80 Å². The van der Waals surface area contributed by atoms with Gasteiger partial charge in [0.1, 0.15) is 0 Å². The fourth-order valence-electron chi connectivity index (χ4n) is 4.00. The lowest BCUT2D eigenvalue weighted by Crippen LogP contribution is -2.44. The van der Waals surface area contributed by atoms with E-state index in [2.05, 4.69) is 23.6 Å². The standard InChI is InChI=1S/C18H32N2O2/c1-3-5-9-16(20-13-7-11-18(20)22)14-15(8-4-2)19-12-6-10-17(19)21/h15-16H,3-14H2,1-2H3. The Labute approximate surface area is 135 Å². The van der Waals surface area contributed by atoms with Gasteiger partial charge in [0.2, 0.25) is 11.8 Å². The van der Waals surface area contributed by atoms with Crippen LogP contribution in [0.1, 0.15) is 78.1 Å². The van der Waals surface area contributed by atoms with Crippen LogP contribution in [0.3, 0.4) is 0 Å². The van der Waals surface area contributed by atoms with E-state index in [0.717, 1.165) is 51.6 Å². The van der Waals surface area contributed by atoms with Crippen LogP contribution in [0.15, 0.2) is 0 Å². The third-order valence-corrected chi connectivity index (χ3v) is 5.16. The second kappa shape index (κ2) is 8.54. The average Bonchev–Trinajstić information content (AvgIpc) is 3.11. The van der Waals surface area contributed by atoms with Gasteiger partial charge in [-0.2, -0.15) is 0 Å². The van der Waals surface area contributed by atoms with Crippen molar-refractivity contribution in [2.75, 3.05) is 13.1 Å². The van der Waals surface area contributed by atoms with E-state index in [1.165, 1.54) is 12.8 Å². The summed E-state index contributed by atoms with van der Waals surface area (Å²) in [6.45, 7) is 6.23. The molecule has 2 rings (SSSR count). The summed E-state index contributed by atoms with van der Waals surface area (Å²) in [6, 6.07) is 0.662. The number of carbonyl (C=O) groups excluding carboxylic acids is 2. The summed E-state index contributed by atoms with van der Waals surface area (Å²) in [7, 11) is 0. The SMILES string of the molecule is CCCCC(CC(CCC)N1CCCC1=O)N1CCCC1=O.